The van der Waals surface area contributed by atoms with E-state index in [1.165, 1.54) is 83.5 Å². The van der Waals surface area contributed by atoms with Crippen molar-refractivity contribution in [3.63, 3.8) is 0 Å². The predicted octanol–water partition coefficient (Wildman–Crippen LogP) is 18.9. The summed E-state index contributed by atoms with van der Waals surface area (Å²) >= 11 is 0. The van der Waals surface area contributed by atoms with E-state index in [2.05, 4.69) is 118 Å². The number of ether oxygens (including phenoxy) is 3. The lowest BCUT2D eigenvalue weighted by molar-refractivity contribution is -0.167. The fourth-order valence-electron chi connectivity index (χ4n) is 7.61. The Morgan fingerprint density at radius 1 is 0.324 bits per heavy atom. The van der Waals surface area contributed by atoms with Gasteiger partial charge in [0.05, 0.1) is 0 Å². The van der Waals surface area contributed by atoms with Crippen molar-refractivity contribution in [2.24, 2.45) is 0 Å². The second-order valence-corrected chi connectivity index (χ2v) is 18.5. The molecule has 0 N–H and O–H groups in total. The highest BCUT2D eigenvalue weighted by Gasteiger charge is 2.19. The molecule has 0 saturated carbocycles. The molecule has 0 aliphatic carbocycles. The van der Waals surface area contributed by atoms with Crippen molar-refractivity contribution in [3.05, 3.63) is 97.2 Å². The first-order chi connectivity index (χ1) is 33.5. The highest BCUT2D eigenvalue weighted by molar-refractivity contribution is 5.71. The van der Waals surface area contributed by atoms with Crippen LogP contribution < -0.4 is 0 Å². The Labute approximate surface area is 419 Å². The van der Waals surface area contributed by atoms with Gasteiger partial charge < -0.3 is 14.2 Å². The molecular weight excluding hydrogens is 841 g/mol. The monoisotopic (exact) mass is 945 g/mol. The van der Waals surface area contributed by atoms with E-state index in [0.717, 1.165) is 135 Å². The van der Waals surface area contributed by atoms with Gasteiger partial charge in [-0.1, -0.05) is 227 Å². The molecule has 0 radical (unpaired) electrons. The lowest BCUT2D eigenvalue weighted by Crippen LogP contribution is -2.30. The third-order valence-electron chi connectivity index (χ3n) is 11.9. The minimum absolute atomic E-state index is 0.0989. The minimum Gasteiger partial charge on any atom is -0.462 e. The van der Waals surface area contributed by atoms with E-state index < -0.39 is 6.10 Å². The van der Waals surface area contributed by atoms with E-state index >= 15 is 0 Å². The van der Waals surface area contributed by atoms with E-state index in [4.69, 9.17) is 14.2 Å². The third-order valence-corrected chi connectivity index (χ3v) is 11.9. The van der Waals surface area contributed by atoms with Crippen LogP contribution in [0.3, 0.4) is 0 Å². The maximum atomic E-state index is 12.8. The summed E-state index contributed by atoms with van der Waals surface area (Å²) in [5.41, 5.74) is 0. The Hall–Kier alpha value is -3.67. The van der Waals surface area contributed by atoms with E-state index in [1.54, 1.807) is 0 Å². The summed E-state index contributed by atoms with van der Waals surface area (Å²) in [6.45, 7) is 6.46. The highest BCUT2D eigenvalue weighted by Crippen LogP contribution is 2.14. The topological polar surface area (TPSA) is 78.9 Å². The first-order valence-electron chi connectivity index (χ1n) is 28.3. The molecule has 0 aromatic carbocycles. The lowest BCUT2D eigenvalue weighted by atomic mass is 10.1. The van der Waals surface area contributed by atoms with E-state index in [1.807, 2.05) is 0 Å². The number of carbonyl (C=O) groups is 3. The molecule has 388 valence electrons. The molecule has 1 unspecified atom stereocenters. The summed E-state index contributed by atoms with van der Waals surface area (Å²) in [5.74, 6) is -0.946. The zero-order valence-electron chi connectivity index (χ0n) is 44.3. The first kappa shape index (κ1) is 64.3. The summed E-state index contributed by atoms with van der Waals surface area (Å²) in [6, 6.07) is 0. The molecule has 0 heterocycles. The van der Waals surface area contributed by atoms with Crippen LogP contribution in [-0.2, 0) is 28.6 Å². The zero-order chi connectivity index (χ0) is 49.3. The largest absolute Gasteiger partial charge is 0.462 e. The quantitative estimate of drug-likeness (QED) is 0.0199. The van der Waals surface area contributed by atoms with E-state index in [0.29, 0.717) is 19.3 Å². The molecule has 0 bridgehead atoms. The van der Waals surface area contributed by atoms with Crippen LogP contribution in [0.5, 0.6) is 0 Å². The summed E-state index contributed by atoms with van der Waals surface area (Å²) < 4.78 is 16.8. The summed E-state index contributed by atoms with van der Waals surface area (Å²) in [4.78, 5) is 38.1. The van der Waals surface area contributed by atoms with Gasteiger partial charge in [-0.25, -0.2) is 0 Å². The second kappa shape index (κ2) is 55.9. The second-order valence-electron chi connectivity index (χ2n) is 18.5. The van der Waals surface area contributed by atoms with E-state index in [-0.39, 0.29) is 31.1 Å². The third kappa shape index (κ3) is 53.3. The Kier molecular flexibility index (Phi) is 52.9. The van der Waals surface area contributed by atoms with Crippen molar-refractivity contribution < 1.29 is 28.6 Å². The van der Waals surface area contributed by atoms with Crippen LogP contribution in [0, 0.1) is 0 Å². The molecule has 0 aromatic rings. The summed E-state index contributed by atoms with van der Waals surface area (Å²) in [5, 5.41) is 0. The van der Waals surface area contributed by atoms with Crippen LogP contribution in [0.4, 0.5) is 0 Å². The van der Waals surface area contributed by atoms with Gasteiger partial charge in [0.1, 0.15) is 13.2 Å². The fourth-order valence-corrected chi connectivity index (χ4v) is 7.61. The van der Waals surface area contributed by atoms with Gasteiger partial charge >= 0.3 is 17.9 Å². The fraction of sp³-hybridized carbons (Fsp3) is 0.694. The van der Waals surface area contributed by atoms with Gasteiger partial charge in [-0.15, -0.1) is 0 Å². The van der Waals surface area contributed by atoms with Crippen LogP contribution in [-0.4, -0.2) is 37.2 Å². The van der Waals surface area contributed by atoms with Crippen LogP contribution in [0.25, 0.3) is 0 Å². The number of hydrogen-bond donors (Lipinski definition) is 0. The van der Waals surface area contributed by atoms with E-state index in [9.17, 15) is 14.4 Å². The number of hydrogen-bond acceptors (Lipinski definition) is 6. The lowest BCUT2D eigenvalue weighted by Gasteiger charge is -2.18. The van der Waals surface area contributed by atoms with Gasteiger partial charge in [0, 0.05) is 19.3 Å². The average Bonchev–Trinajstić information content (AvgIpc) is 3.34. The molecule has 0 saturated heterocycles. The van der Waals surface area contributed by atoms with Gasteiger partial charge in [0.25, 0.3) is 0 Å². The van der Waals surface area contributed by atoms with Crippen molar-refractivity contribution in [2.75, 3.05) is 13.2 Å². The number of allylic oxidation sites excluding steroid dienone is 16. The van der Waals surface area contributed by atoms with Gasteiger partial charge in [0.15, 0.2) is 6.10 Å². The van der Waals surface area contributed by atoms with Crippen molar-refractivity contribution in [2.45, 2.75) is 264 Å². The Morgan fingerprint density at radius 2 is 0.632 bits per heavy atom. The van der Waals surface area contributed by atoms with Gasteiger partial charge in [0.2, 0.25) is 0 Å². The molecule has 0 aromatic heterocycles. The minimum atomic E-state index is -0.802. The van der Waals surface area contributed by atoms with Crippen LogP contribution in [0.2, 0.25) is 0 Å². The van der Waals surface area contributed by atoms with Crippen LogP contribution >= 0.6 is 0 Å². The molecule has 0 amide bonds. The number of unbranched alkanes of at least 4 members (excludes halogenated alkanes) is 25. The maximum absolute atomic E-state index is 12.8. The normalized spacial score (nSPS) is 12.8. The Morgan fingerprint density at radius 3 is 1.04 bits per heavy atom. The van der Waals surface area contributed by atoms with Gasteiger partial charge in [-0.3, -0.25) is 14.4 Å². The van der Waals surface area contributed by atoms with Crippen LogP contribution in [0.1, 0.15) is 258 Å². The number of rotatable bonds is 50. The van der Waals surface area contributed by atoms with Crippen LogP contribution in [0.15, 0.2) is 97.2 Å². The van der Waals surface area contributed by atoms with Crippen molar-refractivity contribution in [3.8, 4) is 0 Å². The summed E-state index contributed by atoms with van der Waals surface area (Å²) in [7, 11) is 0. The predicted molar refractivity (Wildman–Crippen MR) is 293 cm³/mol. The molecule has 0 rings (SSSR count). The molecular formula is C62H104O6. The summed E-state index contributed by atoms with van der Waals surface area (Å²) in [6.07, 6.45) is 73.9. The Balaban J connectivity index is 4.47. The number of carbonyl (C=O) groups excluding carboxylic acids is 3. The van der Waals surface area contributed by atoms with Gasteiger partial charge in [-0.2, -0.15) is 0 Å². The molecule has 0 spiro atoms. The van der Waals surface area contributed by atoms with Crippen molar-refractivity contribution in [1.82, 2.24) is 0 Å². The smallest absolute Gasteiger partial charge is 0.306 e. The molecule has 0 fully saturated rings. The van der Waals surface area contributed by atoms with Gasteiger partial charge in [-0.05, 0) is 109 Å². The molecule has 1 atom stereocenters. The van der Waals surface area contributed by atoms with Crippen molar-refractivity contribution in [1.29, 1.82) is 0 Å². The highest BCUT2D eigenvalue weighted by atomic mass is 16.6. The maximum Gasteiger partial charge on any atom is 0.306 e. The average molecular weight is 946 g/mol. The Bertz CT molecular complexity index is 1360. The first-order valence-corrected chi connectivity index (χ1v) is 28.3. The zero-order valence-corrected chi connectivity index (χ0v) is 44.3. The molecule has 6 nitrogen and oxygen atoms in total. The number of esters is 3. The molecule has 68 heavy (non-hydrogen) atoms. The molecule has 6 heteroatoms. The molecule has 0 aliphatic rings. The molecule has 0 aliphatic heterocycles. The van der Waals surface area contributed by atoms with Crippen molar-refractivity contribution >= 4 is 17.9 Å². The standard InChI is InChI=1S/C62H104O6/c1-4-7-10-13-16-19-22-25-27-29-31-33-34-37-40-43-46-49-52-55-61(64)67-58-59(57-66-60(63)54-51-48-45-42-39-36-24-21-18-15-12-9-6-3)68-62(65)56-53-50-47-44-41-38-35-32-30-28-26-23-20-17-14-11-8-5-2/h7,10,16,19,23,25-28,30-33,35-36,39,59H,4-6,8-9,11-15,17-18,20-22,24,29,34,37-38,40-58H2,1-3H3/b10-7-,19-16-,26-23-,27-25-,30-28-,33-31-,35-32-,39-36-. The SMILES string of the molecule is CC/C=C\C/C=C\C/C=C\C/C=C\CCCCCCCCC(=O)OCC(COC(=O)CCCCC/C=C\CCCCCCCC)OC(=O)CCCCCCC\C=C/C=C\C=C/CCCCCCC.